The topological polar surface area (TPSA) is 15.3 Å². The second kappa shape index (κ2) is 6.13. The summed E-state index contributed by atoms with van der Waals surface area (Å²) in [6, 6.07) is 6.35. The van der Waals surface area contributed by atoms with Gasteiger partial charge in [-0.3, -0.25) is 0 Å². The van der Waals surface area contributed by atoms with Crippen molar-refractivity contribution in [2.45, 2.75) is 38.4 Å². The van der Waals surface area contributed by atoms with Crippen LogP contribution in [-0.4, -0.2) is 30.6 Å². The van der Waals surface area contributed by atoms with Crippen LogP contribution in [0.25, 0.3) is 0 Å². The summed E-state index contributed by atoms with van der Waals surface area (Å²) < 4.78 is 14.5. The van der Waals surface area contributed by atoms with Crippen LogP contribution >= 0.6 is 15.9 Å². The van der Waals surface area contributed by atoms with E-state index in [0.717, 1.165) is 29.4 Å². The van der Waals surface area contributed by atoms with Gasteiger partial charge in [0, 0.05) is 28.7 Å². The maximum atomic E-state index is 13.7. The fraction of sp³-hybridized carbons (Fsp3) is 0.571. The van der Waals surface area contributed by atoms with E-state index in [9.17, 15) is 4.39 Å². The van der Waals surface area contributed by atoms with Crippen molar-refractivity contribution >= 4 is 15.9 Å². The van der Waals surface area contributed by atoms with E-state index in [1.807, 2.05) is 12.1 Å². The van der Waals surface area contributed by atoms with Crippen LogP contribution in [0.4, 0.5) is 4.39 Å². The number of nitrogens with one attached hydrogen (secondary N) is 1. The van der Waals surface area contributed by atoms with E-state index in [1.54, 1.807) is 0 Å². The predicted octanol–water partition coefficient (Wildman–Crippen LogP) is 3.16. The number of benzene rings is 1. The molecule has 0 bridgehead atoms. The van der Waals surface area contributed by atoms with Crippen LogP contribution in [0.2, 0.25) is 0 Å². The van der Waals surface area contributed by atoms with Gasteiger partial charge in [0.15, 0.2) is 0 Å². The molecule has 1 aromatic carbocycles. The van der Waals surface area contributed by atoms with Crippen molar-refractivity contribution < 1.29 is 4.39 Å². The standard InChI is InChI=1S/C14H20BrFN2/c1-10-7-13(5-6-18(10)2)17-9-11-3-4-12(15)8-14(11)16/h3-4,8,10,13,17H,5-7,9H2,1-2H3. The molecular formula is C14H20BrFN2. The first-order valence-electron chi connectivity index (χ1n) is 6.44. The van der Waals surface area contributed by atoms with E-state index in [-0.39, 0.29) is 5.82 Å². The van der Waals surface area contributed by atoms with Crippen LogP contribution in [0.3, 0.4) is 0 Å². The highest BCUT2D eigenvalue weighted by Crippen LogP contribution is 2.18. The Hall–Kier alpha value is -0.450. The first kappa shape index (κ1) is 14.0. The van der Waals surface area contributed by atoms with Gasteiger partial charge in [-0.1, -0.05) is 22.0 Å². The Balaban J connectivity index is 1.88. The van der Waals surface area contributed by atoms with Crippen molar-refractivity contribution in [3.8, 4) is 0 Å². The molecule has 2 rings (SSSR count). The molecular weight excluding hydrogens is 295 g/mol. The van der Waals surface area contributed by atoms with Crippen molar-refractivity contribution in [3.63, 3.8) is 0 Å². The normalized spacial score (nSPS) is 25.3. The van der Waals surface area contributed by atoms with Gasteiger partial charge in [-0.2, -0.15) is 0 Å². The highest BCUT2D eigenvalue weighted by Gasteiger charge is 2.22. The Morgan fingerprint density at radius 2 is 2.28 bits per heavy atom. The molecule has 18 heavy (non-hydrogen) atoms. The second-order valence-electron chi connectivity index (χ2n) is 5.17. The average Bonchev–Trinajstić information content (AvgIpc) is 2.32. The van der Waals surface area contributed by atoms with E-state index >= 15 is 0 Å². The summed E-state index contributed by atoms with van der Waals surface area (Å²) in [5.41, 5.74) is 0.741. The highest BCUT2D eigenvalue weighted by molar-refractivity contribution is 9.10. The average molecular weight is 315 g/mol. The molecule has 2 nitrogen and oxygen atoms in total. The number of likely N-dealkylation sites (tertiary alicyclic amines) is 1. The fourth-order valence-electron chi connectivity index (χ4n) is 2.39. The van der Waals surface area contributed by atoms with Gasteiger partial charge in [0.25, 0.3) is 0 Å². The highest BCUT2D eigenvalue weighted by atomic mass is 79.9. The quantitative estimate of drug-likeness (QED) is 0.922. The van der Waals surface area contributed by atoms with E-state index in [2.05, 4.69) is 40.1 Å². The predicted molar refractivity (Wildman–Crippen MR) is 76.1 cm³/mol. The summed E-state index contributed by atoms with van der Waals surface area (Å²) in [6.45, 7) is 3.97. The third-order valence-corrected chi connectivity index (χ3v) is 4.30. The molecule has 0 spiro atoms. The summed E-state index contributed by atoms with van der Waals surface area (Å²) in [6.07, 6.45) is 2.27. The molecule has 1 heterocycles. The van der Waals surface area contributed by atoms with Crippen LogP contribution in [-0.2, 0) is 6.54 Å². The zero-order valence-corrected chi connectivity index (χ0v) is 12.5. The van der Waals surface area contributed by atoms with Gasteiger partial charge >= 0.3 is 0 Å². The Labute approximate surface area is 117 Å². The smallest absolute Gasteiger partial charge is 0.128 e. The molecule has 0 aromatic heterocycles. The van der Waals surface area contributed by atoms with Crippen LogP contribution in [0.5, 0.6) is 0 Å². The molecule has 1 aliphatic rings. The minimum Gasteiger partial charge on any atom is -0.310 e. The maximum Gasteiger partial charge on any atom is 0.128 e. The van der Waals surface area contributed by atoms with Gasteiger partial charge in [-0.25, -0.2) is 4.39 Å². The van der Waals surface area contributed by atoms with Gasteiger partial charge in [-0.05, 0) is 45.5 Å². The summed E-state index contributed by atoms with van der Waals surface area (Å²) in [5.74, 6) is -0.141. The first-order valence-corrected chi connectivity index (χ1v) is 7.23. The summed E-state index contributed by atoms with van der Waals surface area (Å²) in [4.78, 5) is 2.37. The molecule has 0 saturated carbocycles. The van der Waals surface area contributed by atoms with E-state index in [1.165, 1.54) is 6.07 Å². The Morgan fingerprint density at radius 1 is 1.50 bits per heavy atom. The maximum absolute atomic E-state index is 13.7. The molecule has 1 N–H and O–H groups in total. The number of halogens is 2. The van der Waals surface area contributed by atoms with Crippen LogP contribution in [0, 0.1) is 5.82 Å². The molecule has 0 aliphatic carbocycles. The number of nitrogens with zero attached hydrogens (tertiary/aromatic N) is 1. The molecule has 2 atom stereocenters. The SMILES string of the molecule is CC1CC(NCc2ccc(Br)cc2F)CCN1C. The second-order valence-corrected chi connectivity index (χ2v) is 6.08. The summed E-state index contributed by atoms with van der Waals surface area (Å²) in [7, 11) is 2.16. The minimum atomic E-state index is -0.141. The van der Waals surface area contributed by atoms with Crippen molar-refractivity contribution in [1.29, 1.82) is 0 Å². The van der Waals surface area contributed by atoms with Gasteiger partial charge in [0.2, 0.25) is 0 Å². The molecule has 1 saturated heterocycles. The Morgan fingerprint density at radius 3 is 2.94 bits per heavy atom. The molecule has 0 amide bonds. The van der Waals surface area contributed by atoms with E-state index in [4.69, 9.17) is 0 Å². The van der Waals surface area contributed by atoms with Crippen molar-refractivity contribution in [1.82, 2.24) is 10.2 Å². The van der Waals surface area contributed by atoms with Crippen LogP contribution in [0.1, 0.15) is 25.3 Å². The monoisotopic (exact) mass is 314 g/mol. The number of rotatable bonds is 3. The lowest BCUT2D eigenvalue weighted by Crippen LogP contribution is -2.45. The fourth-order valence-corrected chi connectivity index (χ4v) is 2.73. The van der Waals surface area contributed by atoms with Gasteiger partial charge in [0.1, 0.15) is 5.82 Å². The Bertz CT molecular complexity index is 411. The molecule has 1 aliphatic heterocycles. The Kier molecular flexibility index (Phi) is 4.76. The molecule has 0 radical (unpaired) electrons. The third kappa shape index (κ3) is 3.53. The van der Waals surface area contributed by atoms with Crippen LogP contribution < -0.4 is 5.32 Å². The summed E-state index contributed by atoms with van der Waals surface area (Å²) >= 11 is 3.27. The van der Waals surface area contributed by atoms with Crippen LogP contribution in [0.15, 0.2) is 22.7 Å². The molecule has 2 unspecified atom stereocenters. The van der Waals surface area contributed by atoms with Crippen molar-refractivity contribution in [2.75, 3.05) is 13.6 Å². The molecule has 1 aromatic rings. The molecule has 4 heteroatoms. The van der Waals surface area contributed by atoms with Crippen molar-refractivity contribution in [2.24, 2.45) is 0 Å². The summed E-state index contributed by atoms with van der Waals surface area (Å²) in [5, 5.41) is 3.47. The minimum absolute atomic E-state index is 0.141. The zero-order valence-electron chi connectivity index (χ0n) is 10.9. The number of hydrogen-bond donors (Lipinski definition) is 1. The molecule has 1 fully saturated rings. The number of hydrogen-bond acceptors (Lipinski definition) is 2. The van der Waals surface area contributed by atoms with Gasteiger partial charge < -0.3 is 10.2 Å². The largest absolute Gasteiger partial charge is 0.310 e. The molecule has 100 valence electrons. The lowest BCUT2D eigenvalue weighted by Gasteiger charge is -2.35. The van der Waals surface area contributed by atoms with E-state index in [0.29, 0.717) is 18.6 Å². The zero-order chi connectivity index (χ0) is 13.1. The first-order chi connectivity index (χ1) is 8.56. The number of piperidine rings is 1. The van der Waals surface area contributed by atoms with Crippen molar-refractivity contribution in [3.05, 3.63) is 34.1 Å². The van der Waals surface area contributed by atoms with Gasteiger partial charge in [0.05, 0.1) is 0 Å². The lowest BCUT2D eigenvalue weighted by atomic mass is 9.98. The lowest BCUT2D eigenvalue weighted by molar-refractivity contribution is 0.168. The van der Waals surface area contributed by atoms with E-state index < -0.39 is 0 Å². The third-order valence-electron chi connectivity index (χ3n) is 3.80. The van der Waals surface area contributed by atoms with Gasteiger partial charge in [-0.15, -0.1) is 0 Å².